The van der Waals surface area contributed by atoms with Crippen LogP contribution >= 0.6 is 0 Å². The summed E-state index contributed by atoms with van der Waals surface area (Å²) in [6.07, 6.45) is 0.925. The fourth-order valence-electron chi connectivity index (χ4n) is 2.30. The lowest BCUT2D eigenvalue weighted by Crippen LogP contribution is -2.38. The molecule has 1 aliphatic rings. The Labute approximate surface area is 108 Å². The minimum absolute atomic E-state index is 0.161. The van der Waals surface area contributed by atoms with Gasteiger partial charge in [0.25, 0.3) is 0 Å². The van der Waals surface area contributed by atoms with Gasteiger partial charge in [-0.1, -0.05) is 30.3 Å². The molecule has 1 atom stereocenters. The van der Waals surface area contributed by atoms with Crippen LogP contribution in [-0.2, 0) is 11.3 Å². The molecule has 1 amide bonds. The number of hydrogen-bond donors (Lipinski definition) is 1. The number of hydrogen-bond acceptors (Lipinski definition) is 3. The summed E-state index contributed by atoms with van der Waals surface area (Å²) in [5.74, 6) is 0.182. The van der Waals surface area contributed by atoms with Crippen molar-refractivity contribution in [3.63, 3.8) is 0 Å². The van der Waals surface area contributed by atoms with Gasteiger partial charge in [-0.05, 0) is 19.0 Å². The van der Waals surface area contributed by atoms with Crippen molar-refractivity contribution >= 4 is 5.91 Å². The molecule has 2 N–H and O–H groups in total. The van der Waals surface area contributed by atoms with Gasteiger partial charge in [-0.3, -0.25) is 9.69 Å². The SMILES string of the molecule is CN(CC(=O)N1CC[C@H](N)C1)Cc1ccccc1. The number of likely N-dealkylation sites (tertiary alicyclic amines) is 1. The summed E-state index contributed by atoms with van der Waals surface area (Å²) in [5, 5.41) is 0. The number of carbonyl (C=O) groups is 1. The van der Waals surface area contributed by atoms with Crippen molar-refractivity contribution in [2.24, 2.45) is 5.73 Å². The molecule has 0 aromatic heterocycles. The molecule has 1 heterocycles. The van der Waals surface area contributed by atoms with Crippen LogP contribution < -0.4 is 5.73 Å². The third-order valence-electron chi connectivity index (χ3n) is 3.28. The number of likely N-dealkylation sites (N-methyl/N-ethyl adjacent to an activating group) is 1. The molecule has 4 nitrogen and oxygen atoms in total. The van der Waals surface area contributed by atoms with E-state index in [0.717, 1.165) is 19.5 Å². The molecule has 0 unspecified atom stereocenters. The summed E-state index contributed by atoms with van der Waals surface area (Å²) in [7, 11) is 1.97. The van der Waals surface area contributed by atoms with Crippen molar-refractivity contribution < 1.29 is 4.79 Å². The lowest BCUT2D eigenvalue weighted by molar-refractivity contribution is -0.131. The summed E-state index contributed by atoms with van der Waals surface area (Å²) in [6.45, 7) is 2.77. The smallest absolute Gasteiger partial charge is 0.236 e. The number of benzene rings is 1. The molecule has 1 aromatic rings. The Hall–Kier alpha value is -1.39. The first-order valence-electron chi connectivity index (χ1n) is 6.41. The molecule has 98 valence electrons. The average molecular weight is 247 g/mol. The van der Waals surface area contributed by atoms with Crippen molar-refractivity contribution in [2.75, 3.05) is 26.7 Å². The van der Waals surface area contributed by atoms with Crippen LogP contribution in [0.4, 0.5) is 0 Å². The van der Waals surface area contributed by atoms with E-state index < -0.39 is 0 Å². The van der Waals surface area contributed by atoms with E-state index in [4.69, 9.17) is 5.73 Å². The highest BCUT2D eigenvalue weighted by atomic mass is 16.2. The fourth-order valence-corrected chi connectivity index (χ4v) is 2.30. The van der Waals surface area contributed by atoms with Gasteiger partial charge in [0.1, 0.15) is 0 Å². The highest BCUT2D eigenvalue weighted by molar-refractivity contribution is 5.78. The molecule has 0 saturated carbocycles. The van der Waals surface area contributed by atoms with Crippen molar-refractivity contribution in [2.45, 2.75) is 19.0 Å². The van der Waals surface area contributed by atoms with E-state index in [2.05, 4.69) is 12.1 Å². The quantitative estimate of drug-likeness (QED) is 0.851. The molecular formula is C14H21N3O. The first kappa shape index (κ1) is 13.1. The third kappa shape index (κ3) is 3.55. The van der Waals surface area contributed by atoms with E-state index in [0.29, 0.717) is 13.1 Å². The van der Waals surface area contributed by atoms with Gasteiger partial charge in [0.15, 0.2) is 0 Å². The van der Waals surface area contributed by atoms with Crippen molar-refractivity contribution in [1.29, 1.82) is 0 Å². The molecule has 4 heteroatoms. The summed E-state index contributed by atoms with van der Waals surface area (Å²) in [4.78, 5) is 15.9. The maximum absolute atomic E-state index is 12.0. The molecule has 1 aromatic carbocycles. The van der Waals surface area contributed by atoms with Gasteiger partial charge in [0.2, 0.25) is 5.91 Å². The Morgan fingerprint density at radius 2 is 2.17 bits per heavy atom. The van der Waals surface area contributed by atoms with Crippen LogP contribution in [0.25, 0.3) is 0 Å². The average Bonchev–Trinajstić information content (AvgIpc) is 2.77. The molecule has 1 fully saturated rings. The Bertz CT molecular complexity index is 393. The lowest BCUT2D eigenvalue weighted by Gasteiger charge is -2.21. The Kier molecular flexibility index (Phi) is 4.33. The first-order valence-corrected chi connectivity index (χ1v) is 6.41. The zero-order chi connectivity index (χ0) is 13.0. The normalized spacial score (nSPS) is 19.5. The number of amides is 1. The Morgan fingerprint density at radius 1 is 1.44 bits per heavy atom. The second-order valence-electron chi connectivity index (χ2n) is 5.05. The van der Waals surface area contributed by atoms with Gasteiger partial charge < -0.3 is 10.6 Å². The molecule has 18 heavy (non-hydrogen) atoms. The molecule has 2 rings (SSSR count). The monoisotopic (exact) mass is 247 g/mol. The predicted octanol–water partition coefficient (Wildman–Crippen LogP) is 0.678. The summed E-state index contributed by atoms with van der Waals surface area (Å²) in [5.41, 5.74) is 7.04. The summed E-state index contributed by atoms with van der Waals surface area (Å²) >= 11 is 0. The molecule has 0 radical (unpaired) electrons. The van der Waals surface area contributed by atoms with Crippen molar-refractivity contribution in [3.05, 3.63) is 35.9 Å². The van der Waals surface area contributed by atoms with Gasteiger partial charge in [0, 0.05) is 25.7 Å². The largest absolute Gasteiger partial charge is 0.340 e. The van der Waals surface area contributed by atoms with Gasteiger partial charge in [-0.15, -0.1) is 0 Å². The standard InChI is InChI=1S/C14H21N3O/c1-16(9-12-5-3-2-4-6-12)11-14(18)17-8-7-13(15)10-17/h2-6,13H,7-11,15H2,1H3/t13-/m0/s1. The van der Waals surface area contributed by atoms with Crippen molar-refractivity contribution in [1.82, 2.24) is 9.80 Å². The van der Waals surface area contributed by atoms with Gasteiger partial charge >= 0.3 is 0 Å². The molecule has 1 aliphatic heterocycles. The second-order valence-corrected chi connectivity index (χ2v) is 5.05. The van der Waals surface area contributed by atoms with Crippen molar-refractivity contribution in [3.8, 4) is 0 Å². The highest BCUT2D eigenvalue weighted by Gasteiger charge is 2.23. The Morgan fingerprint density at radius 3 is 2.78 bits per heavy atom. The van der Waals surface area contributed by atoms with Crippen LogP contribution in [0.2, 0.25) is 0 Å². The summed E-state index contributed by atoms with van der Waals surface area (Å²) in [6, 6.07) is 10.3. The third-order valence-corrected chi connectivity index (χ3v) is 3.28. The Balaban J connectivity index is 1.80. The zero-order valence-corrected chi connectivity index (χ0v) is 10.9. The van der Waals surface area contributed by atoms with E-state index >= 15 is 0 Å². The maximum Gasteiger partial charge on any atom is 0.236 e. The molecule has 0 spiro atoms. The van der Waals surface area contributed by atoms with Gasteiger partial charge in [0.05, 0.1) is 6.54 Å². The van der Waals surface area contributed by atoms with Crippen LogP contribution in [0, 0.1) is 0 Å². The predicted molar refractivity (Wildman–Crippen MR) is 71.9 cm³/mol. The van der Waals surface area contributed by atoms with Crippen LogP contribution in [0.5, 0.6) is 0 Å². The van der Waals surface area contributed by atoms with Crippen LogP contribution in [-0.4, -0.2) is 48.4 Å². The fraction of sp³-hybridized carbons (Fsp3) is 0.500. The summed E-state index contributed by atoms with van der Waals surface area (Å²) < 4.78 is 0. The van der Waals surface area contributed by atoms with E-state index in [1.165, 1.54) is 5.56 Å². The second kappa shape index (κ2) is 5.98. The van der Waals surface area contributed by atoms with E-state index in [1.807, 2.05) is 35.0 Å². The highest BCUT2D eigenvalue weighted by Crippen LogP contribution is 2.08. The van der Waals surface area contributed by atoms with E-state index in [1.54, 1.807) is 0 Å². The zero-order valence-electron chi connectivity index (χ0n) is 10.9. The molecular weight excluding hydrogens is 226 g/mol. The topological polar surface area (TPSA) is 49.6 Å². The number of rotatable bonds is 4. The minimum atomic E-state index is 0.161. The molecule has 1 saturated heterocycles. The van der Waals surface area contributed by atoms with Gasteiger partial charge in [-0.2, -0.15) is 0 Å². The van der Waals surface area contributed by atoms with E-state index in [-0.39, 0.29) is 11.9 Å². The maximum atomic E-state index is 12.0. The van der Waals surface area contributed by atoms with Gasteiger partial charge in [-0.25, -0.2) is 0 Å². The van der Waals surface area contributed by atoms with Crippen LogP contribution in [0.15, 0.2) is 30.3 Å². The minimum Gasteiger partial charge on any atom is -0.340 e. The number of nitrogens with two attached hydrogens (primary N) is 1. The van der Waals surface area contributed by atoms with E-state index in [9.17, 15) is 4.79 Å². The molecule has 0 aliphatic carbocycles. The van der Waals surface area contributed by atoms with Crippen LogP contribution in [0.1, 0.15) is 12.0 Å². The lowest BCUT2D eigenvalue weighted by atomic mass is 10.2. The number of carbonyl (C=O) groups excluding carboxylic acids is 1. The first-order chi connectivity index (χ1) is 8.65. The number of nitrogens with zero attached hydrogens (tertiary/aromatic N) is 2. The molecule has 0 bridgehead atoms. The van der Waals surface area contributed by atoms with Crippen LogP contribution in [0.3, 0.4) is 0 Å².